The summed E-state index contributed by atoms with van der Waals surface area (Å²) in [6.07, 6.45) is 2.00. The van der Waals surface area contributed by atoms with Crippen molar-refractivity contribution in [3.8, 4) is 5.88 Å². The Hall–Kier alpha value is -1.27. The quantitative estimate of drug-likeness (QED) is 0.686. The normalized spacial score (nSPS) is 24.1. The average Bonchev–Trinajstić information content (AvgIpc) is 2.75. The Morgan fingerprint density at radius 3 is 2.68 bits per heavy atom. The molecule has 0 saturated heterocycles. The molecule has 2 aromatic rings. The Bertz CT molecular complexity index is 697. The van der Waals surface area contributed by atoms with Crippen LogP contribution in [0.15, 0.2) is 17.3 Å². The molecule has 7 heteroatoms. The number of aromatic nitrogens is 4. The summed E-state index contributed by atoms with van der Waals surface area (Å²) in [4.78, 5) is 4.22. The molecule has 0 aliphatic heterocycles. The number of rotatable bonds is 4. The highest BCUT2D eigenvalue weighted by Crippen LogP contribution is 2.52. The van der Waals surface area contributed by atoms with E-state index in [1.807, 2.05) is 30.7 Å². The van der Waals surface area contributed by atoms with Crippen LogP contribution in [0.2, 0.25) is 5.15 Å². The molecule has 0 radical (unpaired) electrons. The summed E-state index contributed by atoms with van der Waals surface area (Å²) in [5.41, 5.74) is 0.888. The monoisotopic (exact) mass is 338 g/mol. The molecule has 118 valence electrons. The highest BCUT2D eigenvalue weighted by Gasteiger charge is 2.48. The Morgan fingerprint density at radius 1 is 1.41 bits per heavy atom. The minimum Gasteiger partial charge on any atom is -0.478 e. The van der Waals surface area contributed by atoms with Gasteiger partial charge in [0.2, 0.25) is 5.88 Å². The third-order valence-electron chi connectivity index (χ3n) is 4.29. The number of pyridine rings is 1. The van der Waals surface area contributed by atoms with Crippen LogP contribution in [0.4, 0.5) is 0 Å². The van der Waals surface area contributed by atoms with Gasteiger partial charge in [0.1, 0.15) is 11.0 Å². The second-order valence-corrected chi connectivity index (χ2v) is 6.72. The number of nitrogens with zero attached hydrogens (tertiary/aromatic N) is 4. The van der Waals surface area contributed by atoms with Crippen LogP contribution in [0.5, 0.6) is 5.88 Å². The molecule has 0 amide bonds. The van der Waals surface area contributed by atoms with Gasteiger partial charge in [0.25, 0.3) is 0 Å². The van der Waals surface area contributed by atoms with Crippen molar-refractivity contribution in [2.75, 3.05) is 6.61 Å². The lowest BCUT2D eigenvalue weighted by Gasteiger charge is -2.46. The van der Waals surface area contributed by atoms with Crippen molar-refractivity contribution in [1.29, 1.82) is 0 Å². The van der Waals surface area contributed by atoms with E-state index in [4.69, 9.17) is 16.3 Å². The van der Waals surface area contributed by atoms with Gasteiger partial charge < -0.3 is 9.30 Å². The van der Waals surface area contributed by atoms with Crippen molar-refractivity contribution in [1.82, 2.24) is 19.7 Å². The van der Waals surface area contributed by atoms with Gasteiger partial charge in [-0.3, -0.25) is 0 Å². The largest absolute Gasteiger partial charge is 0.478 e. The zero-order valence-electron chi connectivity index (χ0n) is 12.9. The first kappa shape index (κ1) is 15.6. The Balaban J connectivity index is 2.11. The second kappa shape index (κ2) is 5.74. The van der Waals surface area contributed by atoms with E-state index >= 15 is 0 Å². The van der Waals surface area contributed by atoms with Gasteiger partial charge >= 0.3 is 0 Å². The first-order valence-corrected chi connectivity index (χ1v) is 8.18. The summed E-state index contributed by atoms with van der Waals surface area (Å²) in [5, 5.41) is 9.50. The van der Waals surface area contributed by atoms with E-state index in [9.17, 15) is 0 Å². The molecular formula is C15H19ClN4OS. The fourth-order valence-electron chi connectivity index (χ4n) is 3.39. The van der Waals surface area contributed by atoms with Crippen LogP contribution in [0.3, 0.4) is 0 Å². The van der Waals surface area contributed by atoms with Crippen molar-refractivity contribution in [2.45, 2.75) is 37.3 Å². The fraction of sp³-hybridized carbons (Fsp3) is 0.533. The molecule has 0 atom stereocenters. The highest BCUT2D eigenvalue weighted by atomic mass is 35.5. The van der Waals surface area contributed by atoms with Crippen LogP contribution in [-0.2, 0) is 12.5 Å². The Morgan fingerprint density at radius 2 is 2.14 bits per heavy atom. The van der Waals surface area contributed by atoms with Gasteiger partial charge in [-0.25, -0.2) is 4.98 Å². The standard InChI is InChI=1S/C15H19ClN4OS/c1-4-21-12-6-10(5-11(16)17-12)15(7-9(2)8-15)13-18-19-14(22)20(13)3/h5-6,9H,4,7-8H2,1-3H3,(H,19,22). The third kappa shape index (κ3) is 2.48. The molecule has 1 aliphatic rings. The molecule has 1 aliphatic carbocycles. The van der Waals surface area contributed by atoms with E-state index in [1.165, 1.54) is 0 Å². The zero-order valence-corrected chi connectivity index (χ0v) is 14.5. The molecule has 1 fully saturated rings. The maximum Gasteiger partial charge on any atom is 0.214 e. The molecule has 0 unspecified atom stereocenters. The predicted octanol–water partition coefficient (Wildman–Crippen LogP) is 3.27. The van der Waals surface area contributed by atoms with Crippen LogP contribution in [0.1, 0.15) is 38.1 Å². The molecule has 0 spiro atoms. The summed E-state index contributed by atoms with van der Waals surface area (Å²) in [7, 11) is 1.94. The van der Waals surface area contributed by atoms with Gasteiger partial charge in [-0.2, -0.15) is 0 Å². The number of hydrogen-bond donors (Lipinski definition) is 1. The van der Waals surface area contributed by atoms with Gasteiger partial charge in [0.05, 0.1) is 12.0 Å². The zero-order chi connectivity index (χ0) is 15.9. The first-order valence-electron chi connectivity index (χ1n) is 7.36. The first-order chi connectivity index (χ1) is 10.5. The van der Waals surface area contributed by atoms with E-state index in [0.717, 1.165) is 24.2 Å². The lowest BCUT2D eigenvalue weighted by Crippen LogP contribution is -2.43. The van der Waals surface area contributed by atoms with Gasteiger partial charge in [0, 0.05) is 13.1 Å². The lowest BCUT2D eigenvalue weighted by atomic mass is 9.58. The summed E-state index contributed by atoms with van der Waals surface area (Å²) < 4.78 is 7.47. The molecular weight excluding hydrogens is 320 g/mol. The minimum atomic E-state index is -0.194. The maximum absolute atomic E-state index is 6.19. The summed E-state index contributed by atoms with van der Waals surface area (Å²) >= 11 is 10.5. The molecule has 0 aromatic carbocycles. The molecule has 2 heterocycles. The number of ether oxygens (including phenoxy) is 1. The fourth-order valence-corrected chi connectivity index (χ4v) is 3.73. The Kier molecular flexibility index (Phi) is 4.07. The second-order valence-electron chi connectivity index (χ2n) is 5.93. The van der Waals surface area contributed by atoms with Gasteiger partial charge in [-0.1, -0.05) is 18.5 Å². The molecule has 5 nitrogen and oxygen atoms in total. The summed E-state index contributed by atoms with van der Waals surface area (Å²) in [6.45, 7) is 4.72. The van der Waals surface area contributed by atoms with Crippen molar-refractivity contribution in [2.24, 2.45) is 13.0 Å². The van der Waals surface area contributed by atoms with E-state index in [-0.39, 0.29) is 5.41 Å². The van der Waals surface area contributed by atoms with Gasteiger partial charge in [0.15, 0.2) is 5.16 Å². The van der Waals surface area contributed by atoms with Gasteiger partial charge in [-0.05, 0) is 37.3 Å². The van der Waals surface area contributed by atoms with Crippen molar-refractivity contribution in [3.63, 3.8) is 0 Å². The third-order valence-corrected chi connectivity index (χ3v) is 4.87. The van der Waals surface area contributed by atoms with Gasteiger partial charge in [-0.15, -0.1) is 22.8 Å². The van der Waals surface area contributed by atoms with E-state index in [1.54, 1.807) is 0 Å². The van der Waals surface area contributed by atoms with E-state index < -0.39 is 0 Å². The minimum absolute atomic E-state index is 0.194. The number of thiol groups is 1. The summed E-state index contributed by atoms with van der Waals surface area (Å²) in [5.74, 6) is 2.10. The van der Waals surface area contributed by atoms with Crippen LogP contribution >= 0.6 is 24.2 Å². The lowest BCUT2D eigenvalue weighted by molar-refractivity contribution is 0.183. The highest BCUT2D eigenvalue weighted by molar-refractivity contribution is 7.80. The van der Waals surface area contributed by atoms with Crippen molar-refractivity contribution < 1.29 is 4.74 Å². The summed E-state index contributed by atoms with van der Waals surface area (Å²) in [6, 6.07) is 3.87. The molecule has 0 bridgehead atoms. The molecule has 3 rings (SSSR count). The van der Waals surface area contributed by atoms with Crippen LogP contribution in [0, 0.1) is 5.92 Å². The van der Waals surface area contributed by atoms with E-state index in [2.05, 4.69) is 34.7 Å². The van der Waals surface area contributed by atoms with Crippen LogP contribution in [-0.4, -0.2) is 26.4 Å². The van der Waals surface area contributed by atoms with Crippen molar-refractivity contribution >= 4 is 24.2 Å². The SMILES string of the molecule is CCOc1cc(C2(c3nnc(S)n3C)CC(C)C2)cc(Cl)n1. The predicted molar refractivity (Wildman–Crippen MR) is 87.8 cm³/mol. The topological polar surface area (TPSA) is 52.8 Å². The van der Waals surface area contributed by atoms with E-state index in [0.29, 0.717) is 28.7 Å². The molecule has 0 N–H and O–H groups in total. The smallest absolute Gasteiger partial charge is 0.214 e. The van der Waals surface area contributed by atoms with Crippen LogP contribution in [0.25, 0.3) is 0 Å². The number of halogens is 1. The molecule has 22 heavy (non-hydrogen) atoms. The molecule has 2 aromatic heterocycles. The number of hydrogen-bond acceptors (Lipinski definition) is 5. The van der Waals surface area contributed by atoms with Crippen LogP contribution < -0.4 is 4.74 Å². The molecule has 1 saturated carbocycles. The average molecular weight is 339 g/mol. The maximum atomic E-state index is 6.19. The Labute approximate surface area is 140 Å². The van der Waals surface area contributed by atoms with Crippen molar-refractivity contribution in [3.05, 3.63) is 28.7 Å².